The first kappa shape index (κ1) is 14.0. The molecular formula is C18H20. The summed E-state index contributed by atoms with van der Waals surface area (Å²) in [5, 5.41) is 0. The van der Waals surface area contributed by atoms with Crippen molar-refractivity contribution in [2.24, 2.45) is 0 Å². The van der Waals surface area contributed by atoms with Crippen molar-refractivity contribution in [3.05, 3.63) is 84.4 Å². The van der Waals surface area contributed by atoms with Gasteiger partial charge in [0.25, 0.3) is 0 Å². The standard InChI is InChI=1S/C14H12.C4H8/c1-3-7-13(8-4-1)11-12-14-9-5-2-6-10-14;1-3-4-2/h1-12H;3H,1,4H2,2H3. The number of rotatable bonds is 3. The van der Waals surface area contributed by atoms with Crippen LogP contribution < -0.4 is 0 Å². The average Bonchev–Trinajstić information content (AvgIpc) is 2.47. The maximum Gasteiger partial charge on any atom is -0.0256 e. The molecule has 0 aliphatic heterocycles. The predicted molar refractivity (Wildman–Crippen MR) is 82.3 cm³/mol. The zero-order chi connectivity index (χ0) is 13.1. The highest BCUT2D eigenvalue weighted by atomic mass is 13.9. The molecule has 0 heteroatoms. The van der Waals surface area contributed by atoms with Gasteiger partial charge in [0, 0.05) is 0 Å². The van der Waals surface area contributed by atoms with Crippen LogP contribution in [0.1, 0.15) is 24.5 Å². The van der Waals surface area contributed by atoms with Gasteiger partial charge in [-0.3, -0.25) is 0 Å². The Morgan fingerprint density at radius 1 is 0.778 bits per heavy atom. The van der Waals surface area contributed by atoms with Gasteiger partial charge in [0.1, 0.15) is 0 Å². The summed E-state index contributed by atoms with van der Waals surface area (Å²) in [5.41, 5.74) is 2.47. The van der Waals surface area contributed by atoms with Crippen LogP contribution in [0.25, 0.3) is 12.2 Å². The summed E-state index contributed by atoms with van der Waals surface area (Å²) in [6.45, 7) is 5.54. The van der Waals surface area contributed by atoms with Crippen molar-refractivity contribution in [3.63, 3.8) is 0 Å². The van der Waals surface area contributed by atoms with E-state index in [0.717, 1.165) is 6.42 Å². The zero-order valence-corrected chi connectivity index (χ0v) is 10.9. The van der Waals surface area contributed by atoms with Crippen molar-refractivity contribution in [3.8, 4) is 0 Å². The van der Waals surface area contributed by atoms with Gasteiger partial charge in [-0.25, -0.2) is 0 Å². The van der Waals surface area contributed by atoms with Gasteiger partial charge < -0.3 is 0 Å². The van der Waals surface area contributed by atoms with Crippen LogP contribution in [0.2, 0.25) is 0 Å². The normalized spacial score (nSPS) is 9.61. The lowest BCUT2D eigenvalue weighted by atomic mass is 10.1. The maximum atomic E-state index is 3.48. The molecule has 0 unspecified atom stereocenters. The summed E-state index contributed by atoms with van der Waals surface area (Å²) in [4.78, 5) is 0. The van der Waals surface area contributed by atoms with Crippen molar-refractivity contribution >= 4 is 12.2 Å². The Morgan fingerprint density at radius 3 is 1.39 bits per heavy atom. The van der Waals surface area contributed by atoms with Gasteiger partial charge in [-0.2, -0.15) is 0 Å². The van der Waals surface area contributed by atoms with Crippen molar-refractivity contribution in [2.45, 2.75) is 13.3 Å². The largest absolute Gasteiger partial charge is 0.103 e. The zero-order valence-electron chi connectivity index (χ0n) is 10.9. The molecule has 0 fully saturated rings. The van der Waals surface area contributed by atoms with Gasteiger partial charge in [0.05, 0.1) is 0 Å². The quantitative estimate of drug-likeness (QED) is 0.491. The molecule has 0 amide bonds. The summed E-state index contributed by atoms with van der Waals surface area (Å²) < 4.78 is 0. The Labute approximate surface area is 110 Å². The molecule has 2 aromatic rings. The van der Waals surface area contributed by atoms with Crippen LogP contribution in [0.3, 0.4) is 0 Å². The molecule has 0 radical (unpaired) electrons. The molecule has 2 aromatic carbocycles. The van der Waals surface area contributed by atoms with Gasteiger partial charge in [-0.15, -0.1) is 6.58 Å². The van der Waals surface area contributed by atoms with Crippen molar-refractivity contribution in [1.29, 1.82) is 0 Å². The van der Waals surface area contributed by atoms with E-state index in [1.807, 2.05) is 42.5 Å². The molecule has 2 rings (SSSR count). The molecule has 0 saturated heterocycles. The van der Waals surface area contributed by atoms with Crippen LogP contribution in [0.5, 0.6) is 0 Å². The minimum absolute atomic E-state index is 1.08. The monoisotopic (exact) mass is 236 g/mol. The second kappa shape index (κ2) is 9.00. The number of hydrogen-bond donors (Lipinski definition) is 0. The van der Waals surface area contributed by atoms with Crippen molar-refractivity contribution < 1.29 is 0 Å². The Balaban J connectivity index is 0.000000357. The maximum absolute atomic E-state index is 3.48. The molecule has 92 valence electrons. The number of hydrogen-bond acceptors (Lipinski definition) is 0. The SMILES string of the molecule is C(=Cc1ccccc1)c1ccccc1.C=CCC. The molecule has 0 aromatic heterocycles. The van der Waals surface area contributed by atoms with E-state index < -0.39 is 0 Å². The number of benzene rings is 2. The topological polar surface area (TPSA) is 0 Å². The first-order valence-corrected chi connectivity index (χ1v) is 6.26. The number of allylic oxidation sites excluding steroid dienone is 1. The fraction of sp³-hybridized carbons (Fsp3) is 0.111. The molecule has 0 spiro atoms. The molecule has 0 N–H and O–H groups in total. The summed E-state index contributed by atoms with van der Waals surface area (Å²) in [7, 11) is 0. The first-order valence-electron chi connectivity index (χ1n) is 6.26. The van der Waals surface area contributed by atoms with Crippen LogP contribution >= 0.6 is 0 Å². The van der Waals surface area contributed by atoms with Crippen LogP contribution in [-0.4, -0.2) is 0 Å². The van der Waals surface area contributed by atoms with E-state index in [1.54, 1.807) is 0 Å². The highest BCUT2D eigenvalue weighted by Crippen LogP contribution is 2.06. The molecule has 0 atom stereocenters. The molecular weight excluding hydrogens is 216 g/mol. The Morgan fingerprint density at radius 2 is 1.11 bits per heavy atom. The van der Waals surface area contributed by atoms with E-state index >= 15 is 0 Å². The van der Waals surface area contributed by atoms with Crippen LogP contribution in [0, 0.1) is 0 Å². The van der Waals surface area contributed by atoms with Crippen LogP contribution in [0.4, 0.5) is 0 Å². The molecule has 0 aliphatic rings. The van der Waals surface area contributed by atoms with Gasteiger partial charge in [-0.05, 0) is 17.5 Å². The molecule has 0 heterocycles. The second-order valence-electron chi connectivity index (χ2n) is 3.85. The average molecular weight is 236 g/mol. The summed E-state index contributed by atoms with van der Waals surface area (Å²) >= 11 is 0. The smallest absolute Gasteiger partial charge is 0.0256 e. The van der Waals surface area contributed by atoms with E-state index in [0.29, 0.717) is 0 Å². The summed E-state index contributed by atoms with van der Waals surface area (Å²) in [5.74, 6) is 0. The minimum atomic E-state index is 1.08. The Kier molecular flexibility index (Phi) is 6.99. The molecule has 0 nitrogen and oxygen atoms in total. The Bertz CT molecular complexity index is 410. The third-order valence-corrected chi connectivity index (χ3v) is 2.36. The molecule has 0 saturated carbocycles. The molecule has 0 aliphatic carbocycles. The lowest BCUT2D eigenvalue weighted by Gasteiger charge is -1.92. The van der Waals surface area contributed by atoms with E-state index in [9.17, 15) is 0 Å². The van der Waals surface area contributed by atoms with Gasteiger partial charge in [-0.1, -0.05) is 85.8 Å². The van der Waals surface area contributed by atoms with Gasteiger partial charge in [0.2, 0.25) is 0 Å². The van der Waals surface area contributed by atoms with Gasteiger partial charge >= 0.3 is 0 Å². The fourth-order valence-corrected chi connectivity index (χ4v) is 1.32. The van der Waals surface area contributed by atoms with E-state index in [4.69, 9.17) is 0 Å². The highest BCUT2D eigenvalue weighted by molar-refractivity contribution is 5.69. The summed E-state index contributed by atoms with van der Waals surface area (Å²) in [6, 6.07) is 20.6. The van der Waals surface area contributed by atoms with Crippen LogP contribution in [-0.2, 0) is 0 Å². The third kappa shape index (κ3) is 5.86. The second-order valence-corrected chi connectivity index (χ2v) is 3.85. The lowest BCUT2D eigenvalue weighted by molar-refractivity contribution is 1.23. The highest BCUT2D eigenvalue weighted by Gasteiger charge is 1.84. The van der Waals surface area contributed by atoms with E-state index in [-0.39, 0.29) is 0 Å². The van der Waals surface area contributed by atoms with Crippen LogP contribution in [0.15, 0.2) is 73.3 Å². The molecule has 0 bridgehead atoms. The lowest BCUT2D eigenvalue weighted by Crippen LogP contribution is -1.70. The molecule has 18 heavy (non-hydrogen) atoms. The van der Waals surface area contributed by atoms with E-state index in [1.165, 1.54) is 11.1 Å². The van der Waals surface area contributed by atoms with Crippen molar-refractivity contribution in [1.82, 2.24) is 0 Å². The first-order chi connectivity index (χ1) is 8.86. The minimum Gasteiger partial charge on any atom is -0.103 e. The summed E-state index contributed by atoms with van der Waals surface area (Å²) in [6.07, 6.45) is 7.20. The van der Waals surface area contributed by atoms with E-state index in [2.05, 4.69) is 49.9 Å². The van der Waals surface area contributed by atoms with Gasteiger partial charge in [0.15, 0.2) is 0 Å². The van der Waals surface area contributed by atoms with Crippen molar-refractivity contribution in [2.75, 3.05) is 0 Å². The predicted octanol–water partition coefficient (Wildman–Crippen LogP) is 5.44. The third-order valence-electron chi connectivity index (χ3n) is 2.36. The Hall–Kier alpha value is -2.08. The fourth-order valence-electron chi connectivity index (χ4n) is 1.32.